The van der Waals surface area contributed by atoms with E-state index in [2.05, 4.69) is 20.7 Å². The largest absolute Gasteiger partial charge is 0.441 e. The Hall–Kier alpha value is -2.58. The number of H-pyrrole nitrogens is 1. The lowest BCUT2D eigenvalue weighted by Gasteiger charge is -2.15. The minimum atomic E-state index is -4.45. The summed E-state index contributed by atoms with van der Waals surface area (Å²) in [6.07, 6.45) is -6.13. The van der Waals surface area contributed by atoms with Crippen LogP contribution in [0.1, 0.15) is 29.8 Å². The number of nitrogens with zero attached hydrogens (tertiary/aromatic N) is 2. The minimum absolute atomic E-state index is 0.196. The summed E-state index contributed by atoms with van der Waals surface area (Å²) in [6, 6.07) is 4.61. The summed E-state index contributed by atoms with van der Waals surface area (Å²) in [5, 5.41) is 12.1. The summed E-state index contributed by atoms with van der Waals surface area (Å²) >= 11 is 0. The van der Waals surface area contributed by atoms with Crippen molar-refractivity contribution in [1.29, 1.82) is 0 Å². The number of anilines is 1. The van der Waals surface area contributed by atoms with Crippen LogP contribution in [0.4, 0.5) is 23.8 Å². The smallest absolute Gasteiger partial charge is 0.416 e. The number of hydrogen-bond donors (Lipinski definition) is 2. The predicted molar refractivity (Wildman–Crippen MR) is 71.1 cm³/mol. The lowest BCUT2D eigenvalue weighted by molar-refractivity contribution is -0.137. The van der Waals surface area contributed by atoms with Gasteiger partial charge in [0.15, 0.2) is 5.82 Å². The Kier molecular flexibility index (Phi) is 4.34. The van der Waals surface area contributed by atoms with Crippen LogP contribution in [-0.4, -0.2) is 21.5 Å². The third-order valence-electron chi connectivity index (χ3n) is 2.91. The van der Waals surface area contributed by atoms with Gasteiger partial charge >= 0.3 is 12.3 Å². The van der Waals surface area contributed by atoms with Crippen LogP contribution in [0, 0.1) is 6.92 Å². The van der Waals surface area contributed by atoms with E-state index in [0.29, 0.717) is 5.69 Å². The van der Waals surface area contributed by atoms with E-state index < -0.39 is 23.9 Å². The van der Waals surface area contributed by atoms with Gasteiger partial charge in [-0.1, -0.05) is 12.1 Å². The second-order valence-corrected chi connectivity index (χ2v) is 4.55. The lowest BCUT2D eigenvalue weighted by Crippen LogP contribution is -2.17. The van der Waals surface area contributed by atoms with Gasteiger partial charge in [0.1, 0.15) is 11.8 Å². The number of aromatic nitrogens is 3. The van der Waals surface area contributed by atoms with Crippen LogP contribution in [0.2, 0.25) is 0 Å². The molecule has 2 N–H and O–H groups in total. The van der Waals surface area contributed by atoms with Crippen LogP contribution < -0.4 is 5.32 Å². The molecular formula is C13H13F3N4O2. The Labute approximate surface area is 123 Å². The van der Waals surface area contributed by atoms with Crippen molar-refractivity contribution in [2.45, 2.75) is 26.1 Å². The van der Waals surface area contributed by atoms with Crippen LogP contribution in [0.15, 0.2) is 24.3 Å². The predicted octanol–water partition coefficient (Wildman–Crippen LogP) is 3.44. The molecule has 2 rings (SSSR count). The fraction of sp³-hybridized carbons (Fsp3) is 0.308. The zero-order valence-corrected chi connectivity index (χ0v) is 11.7. The number of ether oxygens (including phenoxy) is 1. The highest BCUT2D eigenvalue weighted by atomic mass is 19.4. The number of alkyl halides is 3. The molecule has 0 aliphatic carbocycles. The first-order chi connectivity index (χ1) is 10.3. The topological polar surface area (TPSA) is 79.9 Å². The molecule has 1 aromatic carbocycles. The number of hydrogen-bond acceptors (Lipinski definition) is 4. The monoisotopic (exact) mass is 314 g/mol. The average molecular weight is 314 g/mol. The van der Waals surface area contributed by atoms with Gasteiger partial charge in [-0.05, 0) is 31.5 Å². The quantitative estimate of drug-likeness (QED) is 0.909. The fourth-order valence-electron chi connectivity index (χ4n) is 1.72. The first-order valence-corrected chi connectivity index (χ1v) is 6.29. The van der Waals surface area contributed by atoms with Gasteiger partial charge in [0.25, 0.3) is 0 Å². The van der Waals surface area contributed by atoms with Gasteiger partial charge in [-0.3, -0.25) is 5.32 Å². The highest BCUT2D eigenvalue weighted by Crippen LogP contribution is 2.31. The summed E-state index contributed by atoms with van der Waals surface area (Å²) in [7, 11) is 0. The normalized spacial score (nSPS) is 12.8. The lowest BCUT2D eigenvalue weighted by atomic mass is 10.1. The van der Waals surface area contributed by atoms with Gasteiger partial charge in [0, 0.05) is 0 Å². The number of rotatable bonds is 3. The average Bonchev–Trinajstić information content (AvgIpc) is 2.83. The molecule has 0 aliphatic rings. The molecule has 0 saturated heterocycles. The molecule has 6 nitrogen and oxygen atoms in total. The van der Waals surface area contributed by atoms with Crippen LogP contribution in [0.3, 0.4) is 0 Å². The molecule has 2 aromatic rings. The number of halogens is 3. The zero-order valence-electron chi connectivity index (χ0n) is 11.7. The van der Waals surface area contributed by atoms with Gasteiger partial charge in [0.05, 0.1) is 5.56 Å². The highest BCUT2D eigenvalue weighted by Gasteiger charge is 2.31. The first kappa shape index (κ1) is 15.8. The van der Waals surface area contributed by atoms with Crippen molar-refractivity contribution < 1.29 is 22.7 Å². The summed E-state index contributed by atoms with van der Waals surface area (Å²) < 4.78 is 43.0. The van der Waals surface area contributed by atoms with Crippen LogP contribution in [0.5, 0.6) is 0 Å². The Morgan fingerprint density at radius 1 is 1.36 bits per heavy atom. The summed E-state index contributed by atoms with van der Waals surface area (Å²) in [6.45, 7) is 3.10. The summed E-state index contributed by atoms with van der Waals surface area (Å²) in [4.78, 5) is 11.7. The van der Waals surface area contributed by atoms with Gasteiger partial charge in [-0.15, -0.1) is 5.10 Å². The molecule has 118 valence electrons. The third-order valence-corrected chi connectivity index (χ3v) is 2.91. The van der Waals surface area contributed by atoms with E-state index in [-0.39, 0.29) is 11.4 Å². The van der Waals surface area contributed by atoms with E-state index in [4.69, 9.17) is 4.74 Å². The van der Waals surface area contributed by atoms with Crippen molar-refractivity contribution in [2.24, 2.45) is 0 Å². The van der Waals surface area contributed by atoms with E-state index >= 15 is 0 Å². The van der Waals surface area contributed by atoms with E-state index in [1.165, 1.54) is 19.1 Å². The number of aryl methyl sites for hydroxylation is 1. The van der Waals surface area contributed by atoms with Crippen molar-refractivity contribution in [3.63, 3.8) is 0 Å². The van der Waals surface area contributed by atoms with Crippen molar-refractivity contribution >= 4 is 11.9 Å². The second kappa shape index (κ2) is 6.04. The Balaban J connectivity index is 2.04. The van der Waals surface area contributed by atoms with Crippen LogP contribution in [0.25, 0.3) is 0 Å². The summed E-state index contributed by atoms with van der Waals surface area (Å²) in [5.41, 5.74) is -0.0984. The maximum absolute atomic E-state index is 12.7. The van der Waals surface area contributed by atoms with E-state index in [1.807, 2.05) is 0 Å². The number of amides is 1. The molecule has 1 amide bonds. The van der Waals surface area contributed by atoms with Crippen molar-refractivity contribution in [3.8, 4) is 0 Å². The maximum Gasteiger partial charge on any atom is 0.416 e. The molecule has 0 spiro atoms. The van der Waals surface area contributed by atoms with E-state index in [1.54, 1.807) is 6.92 Å². The Morgan fingerprint density at radius 3 is 2.68 bits per heavy atom. The molecule has 9 heteroatoms. The van der Waals surface area contributed by atoms with Gasteiger partial charge < -0.3 is 4.74 Å². The molecule has 1 aromatic heterocycles. The van der Waals surface area contributed by atoms with Crippen molar-refractivity contribution in [2.75, 3.05) is 5.32 Å². The van der Waals surface area contributed by atoms with Gasteiger partial charge in [0.2, 0.25) is 0 Å². The van der Waals surface area contributed by atoms with Crippen LogP contribution >= 0.6 is 0 Å². The molecule has 1 heterocycles. The Morgan fingerprint density at radius 2 is 2.09 bits per heavy atom. The van der Waals surface area contributed by atoms with E-state index in [0.717, 1.165) is 12.1 Å². The number of nitrogens with one attached hydrogen (secondary N) is 2. The Bertz CT molecular complexity index is 669. The second-order valence-electron chi connectivity index (χ2n) is 4.55. The summed E-state index contributed by atoms with van der Waals surface area (Å²) in [5.74, 6) is 0.196. The van der Waals surface area contributed by atoms with Crippen molar-refractivity contribution in [3.05, 3.63) is 41.1 Å². The zero-order chi connectivity index (χ0) is 16.3. The molecule has 22 heavy (non-hydrogen) atoms. The third kappa shape index (κ3) is 3.74. The fourth-order valence-corrected chi connectivity index (χ4v) is 1.72. The SMILES string of the molecule is Cc1n[nH]nc1NC(=O)O[C@H](C)c1cccc(C(F)(F)F)c1. The number of carbonyl (C=O) groups excluding carboxylic acids is 1. The molecular weight excluding hydrogens is 301 g/mol. The molecule has 0 fully saturated rings. The van der Waals surface area contributed by atoms with Crippen LogP contribution in [-0.2, 0) is 10.9 Å². The minimum Gasteiger partial charge on any atom is -0.441 e. The standard InChI is InChI=1S/C13H13F3N4O2/c1-7-11(19-20-18-7)17-12(21)22-8(2)9-4-3-5-10(6-9)13(14,15)16/h3-6,8H,1-2H3,(H2,17,18,19,20,21)/t8-/m1/s1. The first-order valence-electron chi connectivity index (χ1n) is 6.29. The molecule has 0 bridgehead atoms. The van der Waals surface area contributed by atoms with Crippen molar-refractivity contribution in [1.82, 2.24) is 15.4 Å². The maximum atomic E-state index is 12.7. The van der Waals surface area contributed by atoms with Gasteiger partial charge in [-0.2, -0.15) is 23.5 Å². The van der Waals surface area contributed by atoms with E-state index in [9.17, 15) is 18.0 Å². The number of carbonyl (C=O) groups is 1. The molecule has 0 unspecified atom stereocenters. The van der Waals surface area contributed by atoms with Gasteiger partial charge in [-0.25, -0.2) is 4.79 Å². The highest BCUT2D eigenvalue weighted by molar-refractivity contribution is 5.83. The molecule has 0 aliphatic heterocycles. The molecule has 0 radical (unpaired) electrons. The molecule has 1 atom stereocenters. The number of aromatic amines is 1. The molecule has 0 saturated carbocycles. The number of benzene rings is 1.